The number of aromatic carboxylic acids is 1. The van der Waals surface area contributed by atoms with E-state index in [2.05, 4.69) is 15.3 Å². The van der Waals surface area contributed by atoms with Crippen molar-refractivity contribution < 1.29 is 9.90 Å². The second-order valence-corrected chi connectivity index (χ2v) is 3.41. The lowest BCUT2D eigenvalue weighted by Crippen LogP contribution is -2.12. The molecule has 1 aromatic heterocycles. The molecule has 0 aromatic carbocycles. The van der Waals surface area contributed by atoms with E-state index in [1.165, 1.54) is 6.33 Å². The summed E-state index contributed by atoms with van der Waals surface area (Å²) in [6.45, 7) is 1.67. The number of hydrogen-bond acceptors (Lipinski definition) is 4. The van der Waals surface area contributed by atoms with Crippen LogP contribution in [-0.2, 0) is 0 Å². The Bertz CT molecular complexity index is 374. The van der Waals surface area contributed by atoms with Gasteiger partial charge in [-0.15, -0.1) is 0 Å². The van der Waals surface area contributed by atoms with Crippen LogP contribution < -0.4 is 5.32 Å². The highest BCUT2D eigenvalue weighted by Crippen LogP contribution is 2.25. The van der Waals surface area contributed by atoms with Crippen molar-refractivity contribution in [1.82, 2.24) is 9.97 Å². The lowest BCUT2D eigenvalue weighted by atomic mass is 10.2. The van der Waals surface area contributed by atoms with E-state index in [-0.39, 0.29) is 5.56 Å². The van der Waals surface area contributed by atoms with Gasteiger partial charge in [0.15, 0.2) is 0 Å². The van der Waals surface area contributed by atoms with Crippen LogP contribution in [0.15, 0.2) is 6.33 Å². The SMILES string of the molecule is Cc1ncnc(NC2CC2)c1C(=O)O. The largest absolute Gasteiger partial charge is 0.477 e. The summed E-state index contributed by atoms with van der Waals surface area (Å²) < 4.78 is 0. The molecule has 2 N–H and O–H groups in total. The molecule has 5 heteroatoms. The molecule has 1 aliphatic carbocycles. The standard InChI is InChI=1S/C9H11N3O2/c1-5-7(9(13)14)8(11-4-10-5)12-6-2-3-6/h4,6H,2-3H2,1H3,(H,13,14)(H,10,11,12). The number of carboxylic acids is 1. The number of carbonyl (C=O) groups is 1. The van der Waals surface area contributed by atoms with Gasteiger partial charge in [-0.2, -0.15) is 0 Å². The second kappa shape index (κ2) is 3.25. The molecule has 0 aliphatic heterocycles. The summed E-state index contributed by atoms with van der Waals surface area (Å²) in [5, 5.41) is 12.0. The zero-order chi connectivity index (χ0) is 10.1. The molecule has 5 nitrogen and oxygen atoms in total. The molecule has 0 bridgehead atoms. The van der Waals surface area contributed by atoms with Gasteiger partial charge in [0.2, 0.25) is 0 Å². The summed E-state index contributed by atoms with van der Waals surface area (Å²) in [5.41, 5.74) is 0.676. The van der Waals surface area contributed by atoms with Crippen LogP contribution >= 0.6 is 0 Å². The average Bonchev–Trinajstić information content (AvgIpc) is 2.87. The van der Waals surface area contributed by atoms with Crippen LogP contribution in [0.2, 0.25) is 0 Å². The minimum Gasteiger partial charge on any atom is -0.477 e. The summed E-state index contributed by atoms with van der Waals surface area (Å²) in [6, 6.07) is 0.391. The van der Waals surface area contributed by atoms with Crippen LogP contribution in [0.1, 0.15) is 28.9 Å². The van der Waals surface area contributed by atoms with E-state index in [1.807, 2.05) is 0 Å². The fourth-order valence-corrected chi connectivity index (χ4v) is 1.26. The molecular formula is C9H11N3O2. The maximum absolute atomic E-state index is 10.9. The first-order chi connectivity index (χ1) is 6.68. The summed E-state index contributed by atoms with van der Waals surface area (Å²) in [6.07, 6.45) is 3.55. The van der Waals surface area contributed by atoms with Gasteiger partial charge >= 0.3 is 5.97 Å². The molecule has 0 atom stereocenters. The van der Waals surface area contributed by atoms with Gasteiger partial charge in [-0.1, -0.05) is 0 Å². The number of aryl methyl sites for hydroxylation is 1. The first-order valence-electron chi connectivity index (χ1n) is 4.50. The fraction of sp³-hybridized carbons (Fsp3) is 0.444. The van der Waals surface area contributed by atoms with Crippen molar-refractivity contribution in [1.29, 1.82) is 0 Å². The number of aromatic nitrogens is 2. The third-order valence-electron chi connectivity index (χ3n) is 2.17. The topological polar surface area (TPSA) is 75.1 Å². The number of rotatable bonds is 3. The summed E-state index contributed by atoms with van der Waals surface area (Å²) in [4.78, 5) is 18.7. The molecule has 1 saturated carbocycles. The third kappa shape index (κ3) is 1.66. The van der Waals surface area contributed by atoms with Crippen molar-refractivity contribution in [2.24, 2.45) is 0 Å². The first kappa shape index (κ1) is 8.93. The zero-order valence-electron chi connectivity index (χ0n) is 7.82. The van der Waals surface area contributed by atoms with E-state index in [0.29, 0.717) is 17.6 Å². The predicted molar refractivity (Wildman–Crippen MR) is 50.4 cm³/mol. The molecule has 1 fully saturated rings. The Morgan fingerprint density at radius 3 is 2.86 bits per heavy atom. The van der Waals surface area contributed by atoms with E-state index in [0.717, 1.165) is 12.8 Å². The Balaban J connectivity index is 2.35. The highest BCUT2D eigenvalue weighted by atomic mass is 16.4. The van der Waals surface area contributed by atoms with Gasteiger partial charge in [0.25, 0.3) is 0 Å². The van der Waals surface area contributed by atoms with Crippen molar-refractivity contribution in [2.45, 2.75) is 25.8 Å². The van der Waals surface area contributed by atoms with Crippen molar-refractivity contribution >= 4 is 11.8 Å². The average molecular weight is 193 g/mol. The van der Waals surface area contributed by atoms with Gasteiger partial charge in [0.1, 0.15) is 17.7 Å². The predicted octanol–water partition coefficient (Wildman–Crippen LogP) is 1.06. The Morgan fingerprint density at radius 2 is 2.29 bits per heavy atom. The second-order valence-electron chi connectivity index (χ2n) is 3.41. The van der Waals surface area contributed by atoms with E-state index in [9.17, 15) is 4.79 Å². The highest BCUT2D eigenvalue weighted by Gasteiger charge is 2.24. The van der Waals surface area contributed by atoms with Gasteiger partial charge in [-0.25, -0.2) is 14.8 Å². The van der Waals surface area contributed by atoms with Crippen molar-refractivity contribution in [3.05, 3.63) is 17.6 Å². The minimum atomic E-state index is -0.980. The molecule has 0 unspecified atom stereocenters. The molecule has 1 aliphatic rings. The highest BCUT2D eigenvalue weighted by molar-refractivity contribution is 5.94. The van der Waals surface area contributed by atoms with E-state index < -0.39 is 5.97 Å². The molecule has 2 rings (SSSR count). The summed E-state index contributed by atoms with van der Waals surface area (Å²) in [5.74, 6) is -0.543. The maximum Gasteiger partial charge on any atom is 0.341 e. The molecule has 0 spiro atoms. The number of nitrogens with zero attached hydrogens (tertiary/aromatic N) is 2. The molecule has 74 valence electrons. The van der Waals surface area contributed by atoms with Crippen molar-refractivity contribution in [2.75, 3.05) is 5.32 Å². The van der Waals surface area contributed by atoms with Crippen LogP contribution in [0.5, 0.6) is 0 Å². The maximum atomic E-state index is 10.9. The molecule has 0 saturated heterocycles. The monoisotopic (exact) mass is 193 g/mol. The molecular weight excluding hydrogens is 182 g/mol. The van der Waals surface area contributed by atoms with Gasteiger partial charge in [-0.05, 0) is 19.8 Å². The lowest BCUT2D eigenvalue weighted by Gasteiger charge is -2.07. The molecule has 0 radical (unpaired) electrons. The quantitative estimate of drug-likeness (QED) is 0.750. The molecule has 1 heterocycles. The van der Waals surface area contributed by atoms with E-state index >= 15 is 0 Å². The summed E-state index contributed by atoms with van der Waals surface area (Å²) >= 11 is 0. The molecule has 1 aromatic rings. The number of nitrogens with one attached hydrogen (secondary N) is 1. The zero-order valence-corrected chi connectivity index (χ0v) is 7.82. The smallest absolute Gasteiger partial charge is 0.341 e. The Hall–Kier alpha value is -1.65. The Labute approximate surface area is 81.2 Å². The Morgan fingerprint density at radius 1 is 1.57 bits per heavy atom. The van der Waals surface area contributed by atoms with Gasteiger partial charge < -0.3 is 10.4 Å². The van der Waals surface area contributed by atoms with Crippen LogP contribution in [0.3, 0.4) is 0 Å². The van der Waals surface area contributed by atoms with Crippen LogP contribution in [0.25, 0.3) is 0 Å². The first-order valence-corrected chi connectivity index (χ1v) is 4.50. The molecule has 0 amide bonds. The van der Waals surface area contributed by atoms with Crippen LogP contribution in [0, 0.1) is 6.92 Å². The molecule has 14 heavy (non-hydrogen) atoms. The third-order valence-corrected chi connectivity index (χ3v) is 2.17. The normalized spacial score (nSPS) is 15.2. The lowest BCUT2D eigenvalue weighted by molar-refractivity contribution is 0.0696. The number of hydrogen-bond donors (Lipinski definition) is 2. The number of anilines is 1. The summed E-state index contributed by atoms with van der Waals surface area (Å²) in [7, 11) is 0. The van der Waals surface area contributed by atoms with Gasteiger partial charge in [-0.3, -0.25) is 0 Å². The van der Waals surface area contributed by atoms with Crippen LogP contribution in [-0.4, -0.2) is 27.1 Å². The van der Waals surface area contributed by atoms with Crippen molar-refractivity contribution in [3.63, 3.8) is 0 Å². The van der Waals surface area contributed by atoms with Crippen LogP contribution in [0.4, 0.5) is 5.82 Å². The van der Waals surface area contributed by atoms with Gasteiger partial charge in [0.05, 0.1) is 5.69 Å². The van der Waals surface area contributed by atoms with E-state index in [4.69, 9.17) is 5.11 Å². The fourth-order valence-electron chi connectivity index (χ4n) is 1.26. The van der Waals surface area contributed by atoms with E-state index in [1.54, 1.807) is 6.92 Å². The Kier molecular flexibility index (Phi) is 2.07. The minimum absolute atomic E-state index is 0.180. The van der Waals surface area contributed by atoms with Gasteiger partial charge in [0, 0.05) is 6.04 Å². The van der Waals surface area contributed by atoms with Crippen molar-refractivity contribution in [3.8, 4) is 0 Å². The number of carboxylic acid groups (broad SMARTS) is 1.